The molecule has 0 heterocycles. The molecular formula is C18H19BrClNO2. The third-order valence-electron chi connectivity index (χ3n) is 3.38. The summed E-state index contributed by atoms with van der Waals surface area (Å²) in [4.78, 5) is 12.1. The Bertz CT molecular complexity index is 716. The van der Waals surface area contributed by atoms with Gasteiger partial charge in [0.1, 0.15) is 5.75 Å². The number of halogens is 2. The van der Waals surface area contributed by atoms with Crippen LogP contribution in [-0.4, -0.2) is 12.5 Å². The molecule has 0 radical (unpaired) electrons. The van der Waals surface area contributed by atoms with Crippen LogP contribution in [-0.2, 0) is 4.79 Å². The normalized spacial score (nSPS) is 10.7. The van der Waals surface area contributed by atoms with E-state index in [2.05, 4.69) is 35.1 Å². The van der Waals surface area contributed by atoms with Crippen LogP contribution in [0.2, 0.25) is 5.02 Å². The standard InChI is InChI=1S/C18H19BrClNO2/c1-11(2)15-9-16(20)12(3)7-17(15)23-10-18(22)21-14-6-4-5-13(19)8-14/h4-9,11H,10H2,1-3H3,(H,21,22). The van der Waals surface area contributed by atoms with Crippen LogP contribution in [0.15, 0.2) is 40.9 Å². The van der Waals surface area contributed by atoms with Crippen molar-refractivity contribution in [2.45, 2.75) is 26.7 Å². The van der Waals surface area contributed by atoms with Crippen molar-refractivity contribution in [2.24, 2.45) is 0 Å². The largest absolute Gasteiger partial charge is 0.483 e. The van der Waals surface area contributed by atoms with Crippen molar-refractivity contribution >= 4 is 39.1 Å². The molecule has 0 unspecified atom stereocenters. The van der Waals surface area contributed by atoms with Crippen molar-refractivity contribution in [1.29, 1.82) is 0 Å². The van der Waals surface area contributed by atoms with Crippen LogP contribution in [0.5, 0.6) is 5.75 Å². The first kappa shape index (κ1) is 17.8. The van der Waals surface area contributed by atoms with E-state index in [0.717, 1.165) is 21.3 Å². The molecule has 2 aromatic carbocycles. The van der Waals surface area contributed by atoms with Crippen molar-refractivity contribution in [3.63, 3.8) is 0 Å². The van der Waals surface area contributed by atoms with E-state index in [-0.39, 0.29) is 18.4 Å². The average molecular weight is 397 g/mol. The van der Waals surface area contributed by atoms with Crippen LogP contribution in [0.25, 0.3) is 0 Å². The summed E-state index contributed by atoms with van der Waals surface area (Å²) in [7, 11) is 0. The predicted octanol–water partition coefficient (Wildman–Crippen LogP) is 5.55. The van der Waals surface area contributed by atoms with Gasteiger partial charge in [-0.3, -0.25) is 4.79 Å². The fraction of sp³-hybridized carbons (Fsp3) is 0.278. The summed E-state index contributed by atoms with van der Waals surface area (Å²) >= 11 is 9.55. The Hall–Kier alpha value is -1.52. The molecular weight excluding hydrogens is 378 g/mol. The van der Waals surface area contributed by atoms with E-state index in [1.54, 1.807) is 0 Å². The molecule has 122 valence electrons. The fourth-order valence-electron chi connectivity index (χ4n) is 2.15. The molecule has 0 aromatic heterocycles. The number of anilines is 1. The summed E-state index contributed by atoms with van der Waals surface area (Å²) < 4.78 is 6.63. The van der Waals surface area contributed by atoms with E-state index in [0.29, 0.717) is 10.8 Å². The number of carbonyl (C=O) groups is 1. The maximum absolute atomic E-state index is 12.1. The first-order valence-corrected chi connectivity index (χ1v) is 8.52. The summed E-state index contributed by atoms with van der Waals surface area (Å²) in [5, 5.41) is 3.52. The van der Waals surface area contributed by atoms with E-state index in [4.69, 9.17) is 16.3 Å². The second-order valence-corrected chi connectivity index (χ2v) is 6.96. The molecule has 0 aliphatic carbocycles. The number of aryl methyl sites for hydroxylation is 1. The second-order valence-electron chi connectivity index (χ2n) is 5.64. The van der Waals surface area contributed by atoms with Crippen LogP contribution in [0.3, 0.4) is 0 Å². The highest BCUT2D eigenvalue weighted by Gasteiger charge is 2.13. The van der Waals surface area contributed by atoms with Crippen molar-refractivity contribution in [2.75, 3.05) is 11.9 Å². The second kappa shape index (κ2) is 7.84. The van der Waals surface area contributed by atoms with Gasteiger partial charge in [0.05, 0.1) is 0 Å². The van der Waals surface area contributed by atoms with Crippen LogP contribution in [0.1, 0.15) is 30.9 Å². The van der Waals surface area contributed by atoms with E-state index in [1.807, 2.05) is 43.3 Å². The van der Waals surface area contributed by atoms with Crippen LogP contribution in [0.4, 0.5) is 5.69 Å². The number of rotatable bonds is 5. The fourth-order valence-corrected chi connectivity index (χ4v) is 2.72. The molecule has 0 bridgehead atoms. The Morgan fingerprint density at radius 3 is 2.70 bits per heavy atom. The maximum atomic E-state index is 12.1. The van der Waals surface area contributed by atoms with Crippen molar-refractivity contribution in [3.8, 4) is 5.75 Å². The maximum Gasteiger partial charge on any atom is 0.262 e. The summed E-state index contributed by atoms with van der Waals surface area (Å²) in [6.07, 6.45) is 0. The van der Waals surface area contributed by atoms with Gasteiger partial charge in [0, 0.05) is 15.2 Å². The smallest absolute Gasteiger partial charge is 0.262 e. The lowest BCUT2D eigenvalue weighted by Gasteiger charge is -2.16. The van der Waals surface area contributed by atoms with Crippen molar-refractivity contribution in [3.05, 3.63) is 57.0 Å². The van der Waals surface area contributed by atoms with E-state index in [1.165, 1.54) is 0 Å². The molecule has 1 N–H and O–H groups in total. The highest BCUT2D eigenvalue weighted by Crippen LogP contribution is 2.32. The van der Waals surface area contributed by atoms with E-state index in [9.17, 15) is 4.79 Å². The Morgan fingerprint density at radius 1 is 1.30 bits per heavy atom. The third kappa shape index (κ3) is 4.98. The van der Waals surface area contributed by atoms with Gasteiger partial charge in [-0.1, -0.05) is 47.4 Å². The van der Waals surface area contributed by atoms with E-state index >= 15 is 0 Å². The number of nitrogens with one attached hydrogen (secondary N) is 1. The highest BCUT2D eigenvalue weighted by molar-refractivity contribution is 9.10. The SMILES string of the molecule is Cc1cc(OCC(=O)Nc2cccc(Br)c2)c(C(C)C)cc1Cl. The Kier molecular flexibility index (Phi) is 6.08. The molecule has 0 fully saturated rings. The monoisotopic (exact) mass is 395 g/mol. The lowest BCUT2D eigenvalue weighted by Crippen LogP contribution is -2.20. The van der Waals surface area contributed by atoms with Crippen molar-refractivity contribution < 1.29 is 9.53 Å². The zero-order valence-corrected chi connectivity index (χ0v) is 15.7. The van der Waals surface area contributed by atoms with Gasteiger partial charge in [0.25, 0.3) is 5.91 Å². The molecule has 0 aliphatic heterocycles. The first-order valence-electron chi connectivity index (χ1n) is 7.35. The number of hydrogen-bond donors (Lipinski definition) is 1. The quantitative estimate of drug-likeness (QED) is 0.719. The van der Waals surface area contributed by atoms with Crippen LogP contribution in [0, 0.1) is 6.92 Å². The van der Waals surface area contributed by atoms with Gasteiger partial charge in [-0.2, -0.15) is 0 Å². The topological polar surface area (TPSA) is 38.3 Å². The molecule has 0 atom stereocenters. The molecule has 5 heteroatoms. The van der Waals surface area contributed by atoms with Gasteiger partial charge in [-0.25, -0.2) is 0 Å². The number of hydrogen-bond acceptors (Lipinski definition) is 2. The Labute approximate surface area is 150 Å². The number of amides is 1. The number of benzene rings is 2. The average Bonchev–Trinajstić information content (AvgIpc) is 2.47. The molecule has 0 spiro atoms. The number of ether oxygens (including phenoxy) is 1. The molecule has 23 heavy (non-hydrogen) atoms. The zero-order valence-electron chi connectivity index (χ0n) is 13.3. The predicted molar refractivity (Wildman–Crippen MR) is 98.5 cm³/mol. The Balaban J connectivity index is 2.05. The first-order chi connectivity index (χ1) is 10.9. The van der Waals surface area contributed by atoms with Gasteiger partial charge < -0.3 is 10.1 Å². The molecule has 3 nitrogen and oxygen atoms in total. The zero-order chi connectivity index (χ0) is 17.0. The molecule has 1 amide bonds. The summed E-state index contributed by atoms with van der Waals surface area (Å²) in [5.41, 5.74) is 2.65. The van der Waals surface area contributed by atoms with Gasteiger partial charge in [-0.05, 0) is 54.3 Å². The lowest BCUT2D eigenvalue weighted by atomic mass is 10.0. The van der Waals surface area contributed by atoms with Gasteiger partial charge in [0.15, 0.2) is 6.61 Å². The van der Waals surface area contributed by atoms with Gasteiger partial charge in [-0.15, -0.1) is 0 Å². The third-order valence-corrected chi connectivity index (χ3v) is 4.28. The molecule has 0 saturated heterocycles. The van der Waals surface area contributed by atoms with Crippen LogP contribution >= 0.6 is 27.5 Å². The van der Waals surface area contributed by atoms with Gasteiger partial charge in [0.2, 0.25) is 0 Å². The molecule has 0 saturated carbocycles. The summed E-state index contributed by atoms with van der Waals surface area (Å²) in [5.74, 6) is 0.757. The minimum atomic E-state index is -0.203. The summed E-state index contributed by atoms with van der Waals surface area (Å²) in [6, 6.07) is 11.2. The highest BCUT2D eigenvalue weighted by atomic mass is 79.9. The van der Waals surface area contributed by atoms with Crippen LogP contribution < -0.4 is 10.1 Å². The molecule has 0 aliphatic rings. The summed E-state index contributed by atoms with van der Waals surface area (Å²) in [6.45, 7) is 6.00. The van der Waals surface area contributed by atoms with E-state index < -0.39 is 0 Å². The van der Waals surface area contributed by atoms with Crippen molar-refractivity contribution in [1.82, 2.24) is 0 Å². The van der Waals surface area contributed by atoms with Gasteiger partial charge >= 0.3 is 0 Å². The lowest BCUT2D eigenvalue weighted by molar-refractivity contribution is -0.118. The minimum absolute atomic E-state index is 0.0483. The Morgan fingerprint density at radius 2 is 2.04 bits per heavy atom. The molecule has 2 aromatic rings. The number of carbonyl (C=O) groups excluding carboxylic acids is 1. The molecule has 2 rings (SSSR count). The minimum Gasteiger partial charge on any atom is -0.483 e.